The average molecular weight is 287 g/mol. The summed E-state index contributed by atoms with van der Waals surface area (Å²) in [6.45, 7) is 4.13. The van der Waals surface area contributed by atoms with Gasteiger partial charge in [-0.25, -0.2) is 0 Å². The van der Waals surface area contributed by atoms with Crippen molar-refractivity contribution in [2.45, 2.75) is 31.6 Å². The van der Waals surface area contributed by atoms with Crippen molar-refractivity contribution < 1.29 is 9.26 Å². The summed E-state index contributed by atoms with van der Waals surface area (Å²) in [4.78, 5) is 4.65. The van der Waals surface area contributed by atoms with Crippen LogP contribution < -0.4 is 10.1 Å². The van der Waals surface area contributed by atoms with E-state index in [0.717, 1.165) is 49.6 Å². The topological polar surface area (TPSA) is 60.2 Å². The molecule has 0 spiro atoms. The molecule has 5 heteroatoms. The standard InChI is InChI=1S/C16H21N3O2/c1-3-8-16(9-10-17-11-16)15-18-14(19-21-15)12-4-6-13(20-2)7-5-12/h4-7,17H,3,8-11H2,1-2H3. The van der Waals surface area contributed by atoms with Crippen LogP contribution in [0.2, 0.25) is 0 Å². The summed E-state index contributed by atoms with van der Waals surface area (Å²) in [5.74, 6) is 2.24. The van der Waals surface area contributed by atoms with Gasteiger partial charge in [0, 0.05) is 12.1 Å². The zero-order valence-corrected chi connectivity index (χ0v) is 12.6. The Hall–Kier alpha value is -1.88. The number of nitrogens with zero attached hydrogens (tertiary/aromatic N) is 2. The number of hydrogen-bond acceptors (Lipinski definition) is 5. The molecule has 0 amide bonds. The Labute approximate surface area is 124 Å². The molecular formula is C16H21N3O2. The van der Waals surface area contributed by atoms with Crippen LogP contribution in [0.25, 0.3) is 11.4 Å². The van der Waals surface area contributed by atoms with Gasteiger partial charge in [-0.2, -0.15) is 4.98 Å². The van der Waals surface area contributed by atoms with Crippen molar-refractivity contribution in [2.24, 2.45) is 0 Å². The number of aromatic nitrogens is 2. The fraction of sp³-hybridized carbons (Fsp3) is 0.500. The van der Waals surface area contributed by atoms with Crippen LogP contribution in [0.3, 0.4) is 0 Å². The number of nitrogens with one attached hydrogen (secondary N) is 1. The second kappa shape index (κ2) is 5.85. The van der Waals surface area contributed by atoms with Crippen molar-refractivity contribution in [1.29, 1.82) is 0 Å². The van der Waals surface area contributed by atoms with Gasteiger partial charge in [0.25, 0.3) is 0 Å². The van der Waals surface area contributed by atoms with Gasteiger partial charge in [-0.05, 0) is 43.7 Å². The van der Waals surface area contributed by atoms with Gasteiger partial charge in [0.15, 0.2) is 0 Å². The molecule has 1 atom stereocenters. The summed E-state index contributed by atoms with van der Waals surface area (Å²) in [7, 11) is 1.66. The molecule has 2 aromatic rings. The molecule has 1 aromatic heterocycles. The summed E-state index contributed by atoms with van der Waals surface area (Å²) in [6, 6.07) is 7.72. The molecule has 112 valence electrons. The quantitative estimate of drug-likeness (QED) is 0.916. The second-order valence-electron chi connectivity index (χ2n) is 5.61. The lowest BCUT2D eigenvalue weighted by Crippen LogP contribution is -2.29. The SMILES string of the molecule is CCCC1(c2nc(-c3ccc(OC)cc3)no2)CCNC1. The average Bonchev–Trinajstić information content (AvgIpc) is 3.17. The maximum absolute atomic E-state index is 5.58. The highest BCUT2D eigenvalue weighted by Crippen LogP contribution is 2.35. The lowest BCUT2D eigenvalue weighted by atomic mass is 9.82. The third-order valence-corrected chi connectivity index (χ3v) is 4.20. The summed E-state index contributed by atoms with van der Waals surface area (Å²) >= 11 is 0. The van der Waals surface area contributed by atoms with Gasteiger partial charge in [-0.15, -0.1) is 0 Å². The normalized spacial score (nSPS) is 21.6. The first-order valence-corrected chi connectivity index (χ1v) is 7.47. The number of methoxy groups -OCH3 is 1. The van der Waals surface area contributed by atoms with Crippen LogP contribution >= 0.6 is 0 Å². The molecule has 1 aliphatic heterocycles. The molecule has 1 N–H and O–H groups in total. The zero-order valence-electron chi connectivity index (χ0n) is 12.6. The Morgan fingerprint density at radius 1 is 1.33 bits per heavy atom. The van der Waals surface area contributed by atoms with E-state index in [1.807, 2.05) is 24.3 Å². The van der Waals surface area contributed by atoms with Crippen molar-refractivity contribution >= 4 is 0 Å². The van der Waals surface area contributed by atoms with E-state index in [9.17, 15) is 0 Å². The lowest BCUT2D eigenvalue weighted by Gasteiger charge is -2.22. The molecule has 5 nitrogen and oxygen atoms in total. The van der Waals surface area contributed by atoms with E-state index in [1.54, 1.807) is 7.11 Å². The van der Waals surface area contributed by atoms with Crippen LogP contribution in [0.15, 0.2) is 28.8 Å². The van der Waals surface area contributed by atoms with E-state index < -0.39 is 0 Å². The Bertz CT molecular complexity index is 586. The van der Waals surface area contributed by atoms with E-state index in [2.05, 4.69) is 22.4 Å². The van der Waals surface area contributed by atoms with Gasteiger partial charge in [0.1, 0.15) is 5.75 Å². The molecule has 1 unspecified atom stereocenters. The highest BCUT2D eigenvalue weighted by molar-refractivity contribution is 5.55. The summed E-state index contributed by atoms with van der Waals surface area (Å²) in [5, 5.41) is 7.58. The molecule has 0 aliphatic carbocycles. The Balaban J connectivity index is 1.87. The van der Waals surface area contributed by atoms with Crippen molar-refractivity contribution in [3.63, 3.8) is 0 Å². The summed E-state index contributed by atoms with van der Waals surface area (Å²) < 4.78 is 10.8. The molecule has 1 saturated heterocycles. The molecule has 1 aromatic carbocycles. The van der Waals surface area contributed by atoms with E-state index in [4.69, 9.17) is 9.26 Å². The van der Waals surface area contributed by atoms with Gasteiger partial charge in [-0.3, -0.25) is 0 Å². The summed E-state index contributed by atoms with van der Waals surface area (Å²) in [6.07, 6.45) is 3.25. The molecule has 0 saturated carbocycles. The van der Waals surface area contributed by atoms with Gasteiger partial charge in [0.05, 0.1) is 12.5 Å². The monoisotopic (exact) mass is 287 g/mol. The minimum Gasteiger partial charge on any atom is -0.497 e. The zero-order chi connectivity index (χ0) is 14.7. The molecule has 2 heterocycles. The van der Waals surface area contributed by atoms with Crippen LogP contribution in [0.1, 0.15) is 32.1 Å². The number of ether oxygens (including phenoxy) is 1. The molecular weight excluding hydrogens is 266 g/mol. The smallest absolute Gasteiger partial charge is 0.234 e. The maximum Gasteiger partial charge on any atom is 0.234 e. The van der Waals surface area contributed by atoms with Crippen LogP contribution in [0, 0.1) is 0 Å². The third kappa shape index (κ3) is 2.65. The minimum absolute atomic E-state index is 0.00642. The first-order valence-electron chi connectivity index (χ1n) is 7.47. The van der Waals surface area contributed by atoms with Gasteiger partial charge < -0.3 is 14.6 Å². The van der Waals surface area contributed by atoms with Crippen LogP contribution in [-0.2, 0) is 5.41 Å². The molecule has 0 bridgehead atoms. The predicted octanol–water partition coefficient (Wildman–Crippen LogP) is 2.78. The number of rotatable bonds is 5. The third-order valence-electron chi connectivity index (χ3n) is 4.20. The van der Waals surface area contributed by atoms with Gasteiger partial charge in [-0.1, -0.05) is 18.5 Å². The van der Waals surface area contributed by atoms with Crippen molar-refractivity contribution in [1.82, 2.24) is 15.5 Å². The van der Waals surface area contributed by atoms with Crippen molar-refractivity contribution in [3.05, 3.63) is 30.2 Å². The molecule has 1 aliphatic rings. The Kier molecular flexibility index (Phi) is 3.92. The van der Waals surface area contributed by atoms with Gasteiger partial charge in [0.2, 0.25) is 11.7 Å². The fourth-order valence-corrected chi connectivity index (χ4v) is 3.02. The summed E-state index contributed by atoms with van der Waals surface area (Å²) in [5.41, 5.74) is 0.954. The largest absolute Gasteiger partial charge is 0.497 e. The first kappa shape index (κ1) is 14.1. The minimum atomic E-state index is 0.00642. The molecule has 0 radical (unpaired) electrons. The van der Waals surface area contributed by atoms with Gasteiger partial charge >= 0.3 is 0 Å². The number of hydrogen-bond donors (Lipinski definition) is 1. The molecule has 1 fully saturated rings. The Morgan fingerprint density at radius 2 is 2.14 bits per heavy atom. The van der Waals surface area contributed by atoms with Crippen molar-refractivity contribution in [2.75, 3.05) is 20.2 Å². The fourth-order valence-electron chi connectivity index (χ4n) is 3.02. The van der Waals surface area contributed by atoms with Crippen LogP contribution in [0.4, 0.5) is 0 Å². The molecule has 21 heavy (non-hydrogen) atoms. The highest BCUT2D eigenvalue weighted by atomic mass is 16.5. The molecule has 3 rings (SSSR count). The van der Waals surface area contributed by atoms with Crippen molar-refractivity contribution in [3.8, 4) is 17.1 Å². The maximum atomic E-state index is 5.58. The van der Waals surface area contributed by atoms with Crippen LogP contribution in [-0.4, -0.2) is 30.3 Å². The van der Waals surface area contributed by atoms with E-state index in [1.165, 1.54) is 0 Å². The highest BCUT2D eigenvalue weighted by Gasteiger charge is 2.40. The number of benzene rings is 1. The lowest BCUT2D eigenvalue weighted by molar-refractivity contribution is 0.277. The Morgan fingerprint density at radius 3 is 2.76 bits per heavy atom. The second-order valence-corrected chi connectivity index (χ2v) is 5.61. The van der Waals surface area contributed by atoms with E-state index >= 15 is 0 Å². The van der Waals surface area contributed by atoms with E-state index in [-0.39, 0.29) is 5.41 Å². The predicted molar refractivity (Wildman–Crippen MR) is 80.4 cm³/mol. The first-order chi connectivity index (χ1) is 10.3. The van der Waals surface area contributed by atoms with Crippen LogP contribution in [0.5, 0.6) is 5.75 Å². The van der Waals surface area contributed by atoms with E-state index in [0.29, 0.717) is 5.82 Å².